The molecule has 5 nitrogen and oxygen atoms in total. The van der Waals surface area contributed by atoms with E-state index in [9.17, 15) is 0 Å². The number of nitrogens with one attached hydrogen (secondary N) is 2. The third-order valence-corrected chi connectivity index (χ3v) is 6.07. The third kappa shape index (κ3) is 3.40. The first-order valence-electron chi connectivity index (χ1n) is 9.87. The summed E-state index contributed by atoms with van der Waals surface area (Å²) in [5, 5.41) is 8.90. The van der Waals surface area contributed by atoms with Crippen molar-refractivity contribution in [2.75, 3.05) is 0 Å². The van der Waals surface area contributed by atoms with Crippen LogP contribution in [0.4, 0.5) is 0 Å². The van der Waals surface area contributed by atoms with Gasteiger partial charge in [-0.15, -0.1) is 5.10 Å². The summed E-state index contributed by atoms with van der Waals surface area (Å²) in [6.45, 7) is 0.780. The van der Waals surface area contributed by atoms with Crippen molar-refractivity contribution in [3.8, 4) is 0 Å². The normalized spacial score (nSPS) is 27.4. The Kier molecular flexibility index (Phi) is 4.47. The van der Waals surface area contributed by atoms with Gasteiger partial charge in [-0.2, -0.15) is 0 Å². The van der Waals surface area contributed by atoms with Gasteiger partial charge in [-0.05, 0) is 36.3 Å². The second-order valence-corrected chi connectivity index (χ2v) is 7.78. The number of rotatable bonds is 4. The van der Waals surface area contributed by atoms with Crippen LogP contribution in [0, 0.1) is 5.92 Å². The minimum atomic E-state index is 0.373. The molecule has 1 saturated heterocycles. The summed E-state index contributed by atoms with van der Waals surface area (Å²) in [5.74, 6) is 1.08. The largest absolute Gasteiger partial charge is 0.254 e. The van der Waals surface area contributed by atoms with Gasteiger partial charge in [-0.3, -0.25) is 5.43 Å². The molecule has 1 aromatic heterocycles. The summed E-state index contributed by atoms with van der Waals surface area (Å²) in [7, 11) is 0. The van der Waals surface area contributed by atoms with E-state index in [2.05, 4.69) is 82.0 Å². The maximum absolute atomic E-state index is 4.52. The van der Waals surface area contributed by atoms with Crippen LogP contribution in [0.25, 0.3) is 0 Å². The fourth-order valence-corrected chi connectivity index (χ4v) is 4.66. The van der Waals surface area contributed by atoms with Crippen molar-refractivity contribution in [2.45, 2.75) is 43.8 Å². The van der Waals surface area contributed by atoms with Gasteiger partial charge >= 0.3 is 0 Å². The van der Waals surface area contributed by atoms with Crippen LogP contribution in [0.3, 0.4) is 0 Å². The first-order valence-corrected chi connectivity index (χ1v) is 9.87. The fraction of sp³-hybridized carbons (Fsp3) is 0.364. The number of fused-ring (bicyclic) bond motifs is 1. The van der Waals surface area contributed by atoms with Crippen LogP contribution in [0.5, 0.6) is 0 Å². The molecule has 2 aliphatic rings. The second kappa shape index (κ2) is 7.25. The highest BCUT2D eigenvalue weighted by Gasteiger charge is 2.41. The number of aromatic nitrogens is 3. The molecular formula is C22H25N5. The highest BCUT2D eigenvalue weighted by atomic mass is 15.4. The van der Waals surface area contributed by atoms with E-state index in [1.54, 1.807) is 0 Å². The molecule has 1 aliphatic heterocycles. The van der Waals surface area contributed by atoms with E-state index in [-0.39, 0.29) is 0 Å². The molecule has 1 saturated carbocycles. The molecule has 5 rings (SSSR count). The predicted molar refractivity (Wildman–Crippen MR) is 105 cm³/mol. The van der Waals surface area contributed by atoms with E-state index in [1.165, 1.54) is 24.0 Å². The van der Waals surface area contributed by atoms with Crippen molar-refractivity contribution in [2.24, 2.45) is 5.92 Å². The molecule has 4 atom stereocenters. The van der Waals surface area contributed by atoms with Gasteiger partial charge in [0.2, 0.25) is 0 Å². The Bertz CT molecular complexity index is 876. The predicted octanol–water partition coefficient (Wildman–Crippen LogP) is 3.43. The van der Waals surface area contributed by atoms with Gasteiger partial charge in [0.15, 0.2) is 0 Å². The molecule has 0 bridgehead atoms. The van der Waals surface area contributed by atoms with E-state index in [0.29, 0.717) is 23.9 Å². The Morgan fingerprint density at radius 3 is 2.52 bits per heavy atom. The van der Waals surface area contributed by atoms with Crippen LogP contribution >= 0.6 is 0 Å². The van der Waals surface area contributed by atoms with Crippen molar-refractivity contribution in [1.29, 1.82) is 0 Å². The summed E-state index contributed by atoms with van der Waals surface area (Å²) in [5.41, 5.74) is 10.8. The summed E-state index contributed by atoms with van der Waals surface area (Å²) >= 11 is 0. The van der Waals surface area contributed by atoms with Crippen LogP contribution in [-0.2, 0) is 6.54 Å². The number of hydrogen-bond acceptors (Lipinski definition) is 4. The van der Waals surface area contributed by atoms with Crippen molar-refractivity contribution in [3.05, 3.63) is 83.7 Å². The van der Waals surface area contributed by atoms with Gasteiger partial charge in [0.25, 0.3) is 0 Å². The standard InChI is InChI=1S/C22H25N5/c1-3-7-16(8-4-1)14-27-15-21(24-26-27)18-11-12-20-19(13-18)22(25-23-20)17-9-5-2-6-10-17/h1-10,15,18-20,22-23,25H,11-14H2. The third-order valence-electron chi connectivity index (χ3n) is 6.07. The van der Waals surface area contributed by atoms with E-state index < -0.39 is 0 Å². The molecule has 4 unspecified atom stereocenters. The number of hydrazine groups is 1. The lowest BCUT2D eigenvalue weighted by molar-refractivity contribution is 0.275. The van der Waals surface area contributed by atoms with Crippen LogP contribution in [-0.4, -0.2) is 21.0 Å². The summed E-state index contributed by atoms with van der Waals surface area (Å²) in [4.78, 5) is 0. The zero-order chi connectivity index (χ0) is 18.1. The molecule has 27 heavy (non-hydrogen) atoms. The Morgan fingerprint density at radius 1 is 0.926 bits per heavy atom. The van der Waals surface area contributed by atoms with Crippen LogP contribution in [0.2, 0.25) is 0 Å². The Balaban J connectivity index is 1.31. The molecule has 2 N–H and O–H groups in total. The van der Waals surface area contributed by atoms with Crippen molar-refractivity contribution < 1.29 is 0 Å². The van der Waals surface area contributed by atoms with E-state index in [1.807, 2.05) is 10.7 Å². The SMILES string of the molecule is c1ccc(Cn2cc(C3CCC4NNC(c5ccccc5)C4C3)nn2)cc1. The number of benzene rings is 2. The lowest BCUT2D eigenvalue weighted by Crippen LogP contribution is -2.34. The smallest absolute Gasteiger partial charge is 0.0858 e. The maximum Gasteiger partial charge on any atom is 0.0858 e. The van der Waals surface area contributed by atoms with Crippen LogP contribution in [0.1, 0.15) is 48.0 Å². The molecule has 2 aromatic carbocycles. The van der Waals surface area contributed by atoms with Crippen molar-refractivity contribution >= 4 is 0 Å². The number of hydrogen-bond donors (Lipinski definition) is 2. The molecule has 2 heterocycles. The molecule has 0 spiro atoms. The zero-order valence-corrected chi connectivity index (χ0v) is 15.3. The maximum atomic E-state index is 4.52. The molecule has 138 valence electrons. The average Bonchev–Trinajstić information content (AvgIpc) is 3.36. The summed E-state index contributed by atoms with van der Waals surface area (Å²) < 4.78 is 1.97. The van der Waals surface area contributed by atoms with E-state index >= 15 is 0 Å². The van der Waals surface area contributed by atoms with Gasteiger partial charge in [0.1, 0.15) is 0 Å². The Labute approximate surface area is 159 Å². The summed E-state index contributed by atoms with van der Waals surface area (Å²) in [6, 6.07) is 22.1. The monoisotopic (exact) mass is 359 g/mol. The first kappa shape index (κ1) is 16.7. The first-order chi connectivity index (χ1) is 13.4. The van der Waals surface area contributed by atoms with E-state index in [4.69, 9.17) is 0 Å². The minimum absolute atomic E-state index is 0.373. The quantitative estimate of drug-likeness (QED) is 0.749. The molecular weight excluding hydrogens is 334 g/mol. The Hall–Kier alpha value is -2.50. The van der Waals surface area contributed by atoms with Crippen molar-refractivity contribution in [3.63, 3.8) is 0 Å². The molecule has 5 heteroatoms. The topological polar surface area (TPSA) is 54.8 Å². The fourth-order valence-electron chi connectivity index (χ4n) is 4.66. The van der Waals surface area contributed by atoms with Gasteiger partial charge in [0, 0.05) is 18.2 Å². The van der Waals surface area contributed by atoms with Gasteiger partial charge in [-0.1, -0.05) is 65.9 Å². The molecule has 2 fully saturated rings. The second-order valence-electron chi connectivity index (χ2n) is 7.78. The average molecular weight is 359 g/mol. The van der Waals surface area contributed by atoms with Gasteiger partial charge in [0.05, 0.1) is 18.3 Å². The highest BCUT2D eigenvalue weighted by Crippen LogP contribution is 2.43. The van der Waals surface area contributed by atoms with E-state index in [0.717, 1.165) is 18.7 Å². The molecule has 1 aliphatic carbocycles. The molecule has 3 aromatic rings. The molecule has 0 radical (unpaired) electrons. The highest BCUT2D eigenvalue weighted by molar-refractivity contribution is 5.23. The lowest BCUT2D eigenvalue weighted by atomic mass is 9.73. The van der Waals surface area contributed by atoms with Gasteiger partial charge < -0.3 is 0 Å². The van der Waals surface area contributed by atoms with Crippen molar-refractivity contribution in [1.82, 2.24) is 25.8 Å². The summed E-state index contributed by atoms with van der Waals surface area (Å²) in [6.07, 6.45) is 5.64. The zero-order valence-electron chi connectivity index (χ0n) is 15.3. The lowest BCUT2D eigenvalue weighted by Gasteiger charge is -2.32. The molecule has 0 amide bonds. The number of nitrogens with zero attached hydrogens (tertiary/aromatic N) is 3. The van der Waals surface area contributed by atoms with Crippen LogP contribution < -0.4 is 10.9 Å². The van der Waals surface area contributed by atoms with Crippen LogP contribution in [0.15, 0.2) is 66.9 Å². The van der Waals surface area contributed by atoms with Gasteiger partial charge in [-0.25, -0.2) is 10.1 Å². The minimum Gasteiger partial charge on any atom is -0.254 e. The Morgan fingerprint density at radius 2 is 1.70 bits per heavy atom.